The average Bonchev–Trinajstić information content (AvgIpc) is 2.32. The van der Waals surface area contributed by atoms with Gasteiger partial charge >= 0.3 is 0 Å². The van der Waals surface area contributed by atoms with E-state index in [1.807, 2.05) is 19.1 Å². The second kappa shape index (κ2) is 6.49. The number of hydrogen-bond acceptors (Lipinski definition) is 3. The van der Waals surface area contributed by atoms with Crippen molar-refractivity contribution >= 4 is 11.6 Å². The van der Waals surface area contributed by atoms with Crippen LogP contribution in [0, 0.1) is 11.3 Å². The van der Waals surface area contributed by atoms with E-state index in [4.69, 9.17) is 22.0 Å². The largest absolute Gasteiger partial charge is 0.395 e. The van der Waals surface area contributed by atoms with Crippen molar-refractivity contribution in [1.29, 1.82) is 5.26 Å². The SMILES string of the molecule is CCC(CO)NCc1ccc(C#N)cc1Cl. The number of nitrogens with zero attached hydrogens (tertiary/aromatic N) is 1. The second-order valence-electron chi connectivity index (χ2n) is 3.59. The molecule has 0 saturated carbocycles. The van der Waals surface area contributed by atoms with Crippen molar-refractivity contribution in [3.8, 4) is 6.07 Å². The highest BCUT2D eigenvalue weighted by atomic mass is 35.5. The molecule has 16 heavy (non-hydrogen) atoms. The maximum absolute atomic E-state index is 9.02. The Morgan fingerprint density at radius 2 is 2.31 bits per heavy atom. The molecule has 1 aromatic rings. The van der Waals surface area contributed by atoms with E-state index in [0.717, 1.165) is 12.0 Å². The Kier molecular flexibility index (Phi) is 5.27. The molecule has 1 unspecified atom stereocenters. The highest BCUT2D eigenvalue weighted by molar-refractivity contribution is 6.31. The molecule has 0 fully saturated rings. The van der Waals surface area contributed by atoms with Gasteiger partial charge in [0.25, 0.3) is 0 Å². The number of aliphatic hydroxyl groups is 1. The van der Waals surface area contributed by atoms with Crippen molar-refractivity contribution in [2.75, 3.05) is 6.61 Å². The van der Waals surface area contributed by atoms with E-state index in [1.165, 1.54) is 0 Å². The van der Waals surface area contributed by atoms with Gasteiger partial charge in [0.05, 0.1) is 18.2 Å². The molecule has 3 nitrogen and oxygen atoms in total. The Bertz CT molecular complexity index is 383. The first-order valence-corrected chi connectivity index (χ1v) is 5.61. The molecule has 86 valence electrons. The summed E-state index contributed by atoms with van der Waals surface area (Å²) >= 11 is 6.02. The summed E-state index contributed by atoms with van der Waals surface area (Å²) in [6.45, 7) is 2.72. The van der Waals surface area contributed by atoms with Crippen molar-refractivity contribution in [3.05, 3.63) is 34.3 Å². The Balaban J connectivity index is 2.65. The first-order chi connectivity index (χ1) is 7.71. The summed E-state index contributed by atoms with van der Waals surface area (Å²) in [6, 6.07) is 7.35. The first kappa shape index (κ1) is 13.0. The molecule has 0 aliphatic heterocycles. The monoisotopic (exact) mass is 238 g/mol. The van der Waals surface area contributed by atoms with Crippen molar-refractivity contribution in [2.45, 2.75) is 25.9 Å². The summed E-state index contributed by atoms with van der Waals surface area (Å²) < 4.78 is 0. The van der Waals surface area contributed by atoms with Crippen LogP contribution in [0.3, 0.4) is 0 Å². The van der Waals surface area contributed by atoms with Gasteiger partial charge < -0.3 is 10.4 Å². The number of aliphatic hydroxyl groups excluding tert-OH is 1. The van der Waals surface area contributed by atoms with E-state index in [9.17, 15) is 0 Å². The van der Waals surface area contributed by atoms with E-state index < -0.39 is 0 Å². The lowest BCUT2D eigenvalue weighted by molar-refractivity contribution is 0.238. The van der Waals surface area contributed by atoms with E-state index in [-0.39, 0.29) is 12.6 Å². The fourth-order valence-electron chi connectivity index (χ4n) is 1.35. The van der Waals surface area contributed by atoms with Crippen LogP contribution >= 0.6 is 11.6 Å². The fourth-order valence-corrected chi connectivity index (χ4v) is 1.60. The Hall–Kier alpha value is -1.08. The standard InChI is InChI=1S/C12H15ClN2O/c1-2-11(8-16)15-7-10-4-3-9(6-14)5-12(10)13/h3-5,11,15-16H,2,7-8H2,1H3. The zero-order chi connectivity index (χ0) is 12.0. The van der Waals surface area contributed by atoms with Gasteiger partial charge in [-0.05, 0) is 24.1 Å². The van der Waals surface area contributed by atoms with Gasteiger partial charge in [-0.25, -0.2) is 0 Å². The van der Waals surface area contributed by atoms with E-state index in [0.29, 0.717) is 17.1 Å². The fraction of sp³-hybridized carbons (Fsp3) is 0.417. The quantitative estimate of drug-likeness (QED) is 0.826. The molecule has 1 rings (SSSR count). The maximum Gasteiger partial charge on any atom is 0.0992 e. The molecule has 0 heterocycles. The molecule has 2 N–H and O–H groups in total. The molecule has 0 radical (unpaired) electrons. The summed E-state index contributed by atoms with van der Waals surface area (Å²) in [5, 5.41) is 21.5. The van der Waals surface area contributed by atoms with Gasteiger partial charge in [0.1, 0.15) is 0 Å². The molecule has 1 aromatic carbocycles. The zero-order valence-corrected chi connectivity index (χ0v) is 9.96. The molecule has 0 amide bonds. The van der Waals surface area contributed by atoms with Crippen LogP contribution in [0.25, 0.3) is 0 Å². The van der Waals surface area contributed by atoms with Gasteiger partial charge in [-0.15, -0.1) is 0 Å². The minimum Gasteiger partial charge on any atom is -0.395 e. The summed E-state index contributed by atoms with van der Waals surface area (Å²) in [6.07, 6.45) is 0.865. The van der Waals surface area contributed by atoms with Gasteiger partial charge in [-0.2, -0.15) is 5.26 Å². The predicted octanol–water partition coefficient (Wildman–Crippen LogP) is 2.07. The number of halogens is 1. The summed E-state index contributed by atoms with van der Waals surface area (Å²) in [4.78, 5) is 0. The van der Waals surface area contributed by atoms with E-state index >= 15 is 0 Å². The normalized spacial score (nSPS) is 12.1. The molecular weight excluding hydrogens is 224 g/mol. The molecule has 0 aliphatic rings. The van der Waals surface area contributed by atoms with Crippen molar-refractivity contribution in [3.63, 3.8) is 0 Å². The third kappa shape index (κ3) is 3.49. The van der Waals surface area contributed by atoms with Crippen LogP contribution in [-0.4, -0.2) is 17.8 Å². The van der Waals surface area contributed by atoms with Crippen molar-refractivity contribution < 1.29 is 5.11 Å². The molecule has 0 aromatic heterocycles. The Morgan fingerprint density at radius 3 is 2.81 bits per heavy atom. The van der Waals surface area contributed by atoms with E-state index in [2.05, 4.69) is 5.32 Å². The van der Waals surface area contributed by atoms with Crippen LogP contribution in [0.5, 0.6) is 0 Å². The number of hydrogen-bond donors (Lipinski definition) is 2. The summed E-state index contributed by atoms with van der Waals surface area (Å²) in [5.74, 6) is 0. The van der Waals surface area contributed by atoms with Gasteiger partial charge in [0.15, 0.2) is 0 Å². The molecular formula is C12H15ClN2O. The van der Waals surface area contributed by atoms with Crippen LogP contribution in [0.4, 0.5) is 0 Å². The minimum atomic E-state index is 0.0895. The van der Waals surface area contributed by atoms with Crippen molar-refractivity contribution in [1.82, 2.24) is 5.32 Å². The highest BCUT2D eigenvalue weighted by Crippen LogP contribution is 2.17. The van der Waals surface area contributed by atoms with Gasteiger partial charge in [-0.1, -0.05) is 24.6 Å². The third-order valence-electron chi connectivity index (χ3n) is 2.48. The molecule has 0 aliphatic carbocycles. The van der Waals surface area contributed by atoms with Gasteiger partial charge in [0, 0.05) is 17.6 Å². The van der Waals surface area contributed by atoms with Gasteiger partial charge in [-0.3, -0.25) is 0 Å². The van der Waals surface area contributed by atoms with Crippen molar-refractivity contribution in [2.24, 2.45) is 0 Å². The molecule has 0 bridgehead atoms. The average molecular weight is 239 g/mol. The Labute approximate surface area is 101 Å². The lowest BCUT2D eigenvalue weighted by Crippen LogP contribution is -2.31. The topological polar surface area (TPSA) is 56.0 Å². The third-order valence-corrected chi connectivity index (χ3v) is 2.83. The second-order valence-corrected chi connectivity index (χ2v) is 3.99. The Morgan fingerprint density at radius 1 is 1.56 bits per heavy atom. The number of nitriles is 1. The molecule has 0 spiro atoms. The maximum atomic E-state index is 9.02. The van der Waals surface area contributed by atoms with E-state index in [1.54, 1.807) is 12.1 Å². The highest BCUT2D eigenvalue weighted by Gasteiger charge is 2.06. The van der Waals surface area contributed by atoms with Gasteiger partial charge in [0.2, 0.25) is 0 Å². The lowest BCUT2D eigenvalue weighted by atomic mass is 10.1. The first-order valence-electron chi connectivity index (χ1n) is 5.24. The molecule has 1 atom stereocenters. The van der Waals surface area contributed by atoms with Crippen LogP contribution in [0.15, 0.2) is 18.2 Å². The van der Waals surface area contributed by atoms with Crippen LogP contribution in [-0.2, 0) is 6.54 Å². The van der Waals surface area contributed by atoms with Crippen LogP contribution in [0.1, 0.15) is 24.5 Å². The summed E-state index contributed by atoms with van der Waals surface area (Å²) in [5.41, 5.74) is 1.50. The minimum absolute atomic E-state index is 0.0895. The van der Waals surface area contributed by atoms with Crippen LogP contribution in [0.2, 0.25) is 5.02 Å². The number of benzene rings is 1. The zero-order valence-electron chi connectivity index (χ0n) is 9.20. The lowest BCUT2D eigenvalue weighted by Gasteiger charge is -2.14. The smallest absolute Gasteiger partial charge is 0.0992 e. The molecule has 4 heteroatoms. The van der Waals surface area contributed by atoms with Crippen LogP contribution < -0.4 is 5.32 Å². The molecule has 0 saturated heterocycles. The summed E-state index contributed by atoms with van der Waals surface area (Å²) in [7, 11) is 0. The predicted molar refractivity (Wildman–Crippen MR) is 64.2 cm³/mol. The number of rotatable bonds is 5. The number of nitrogens with one attached hydrogen (secondary N) is 1.